The second kappa shape index (κ2) is 7.33. The Labute approximate surface area is 135 Å². The van der Waals surface area contributed by atoms with Gasteiger partial charge in [-0.3, -0.25) is 14.7 Å². The number of nitrogens with zero attached hydrogens (tertiary/aromatic N) is 3. The molecule has 0 radical (unpaired) electrons. The van der Waals surface area contributed by atoms with E-state index in [2.05, 4.69) is 16.0 Å². The third kappa shape index (κ3) is 4.36. The number of carbonyl (C=O) groups is 1. The van der Waals surface area contributed by atoms with Crippen LogP contribution in [0.3, 0.4) is 0 Å². The fraction of sp³-hybridized carbons (Fsp3) is 0.333. The van der Waals surface area contributed by atoms with Gasteiger partial charge in [-0.25, -0.2) is 4.39 Å². The molecule has 1 aromatic heterocycles. The summed E-state index contributed by atoms with van der Waals surface area (Å²) in [7, 11) is 0. The minimum atomic E-state index is -0.273. The van der Waals surface area contributed by atoms with Crippen molar-refractivity contribution < 1.29 is 9.18 Å². The average molecular weight is 313 g/mol. The number of hydrogen-bond acceptors (Lipinski definition) is 3. The summed E-state index contributed by atoms with van der Waals surface area (Å²) in [5.41, 5.74) is 2.05. The van der Waals surface area contributed by atoms with E-state index in [1.807, 2.05) is 17.2 Å². The first-order valence-corrected chi connectivity index (χ1v) is 7.84. The summed E-state index contributed by atoms with van der Waals surface area (Å²) in [6, 6.07) is 10.2. The van der Waals surface area contributed by atoms with E-state index in [4.69, 9.17) is 0 Å². The Kier molecular flexibility index (Phi) is 4.98. The predicted octanol–water partition coefficient (Wildman–Crippen LogP) is 2.11. The predicted molar refractivity (Wildman–Crippen MR) is 86.2 cm³/mol. The summed E-state index contributed by atoms with van der Waals surface area (Å²) in [6.07, 6.45) is 3.99. The summed E-state index contributed by atoms with van der Waals surface area (Å²) in [4.78, 5) is 20.7. The van der Waals surface area contributed by atoms with Gasteiger partial charge in [0.15, 0.2) is 0 Å². The van der Waals surface area contributed by atoms with E-state index in [0.29, 0.717) is 6.42 Å². The van der Waals surface area contributed by atoms with Crippen LogP contribution < -0.4 is 0 Å². The summed E-state index contributed by atoms with van der Waals surface area (Å²) < 4.78 is 12.9. The molecule has 4 nitrogen and oxygen atoms in total. The average Bonchev–Trinajstić information content (AvgIpc) is 2.58. The number of hydrogen-bond donors (Lipinski definition) is 0. The molecule has 1 aliphatic rings. The number of benzene rings is 1. The number of amides is 1. The van der Waals surface area contributed by atoms with E-state index in [1.54, 1.807) is 18.3 Å². The molecule has 2 heterocycles. The maximum Gasteiger partial charge on any atom is 0.227 e. The van der Waals surface area contributed by atoms with Crippen LogP contribution in [0.15, 0.2) is 48.8 Å². The van der Waals surface area contributed by atoms with Crippen LogP contribution in [-0.4, -0.2) is 46.9 Å². The van der Waals surface area contributed by atoms with Crippen molar-refractivity contribution in [3.63, 3.8) is 0 Å². The molecule has 0 saturated carbocycles. The third-order valence-electron chi connectivity index (χ3n) is 4.12. The summed E-state index contributed by atoms with van der Waals surface area (Å²) in [5.74, 6) is -0.164. The van der Waals surface area contributed by atoms with Gasteiger partial charge in [0.25, 0.3) is 0 Å². The second-order valence-corrected chi connectivity index (χ2v) is 5.82. The SMILES string of the molecule is O=C(Cc1ccc(F)cc1)N1CCN(Cc2cccnc2)CC1. The normalized spacial score (nSPS) is 15.6. The van der Waals surface area contributed by atoms with Gasteiger partial charge in [0.2, 0.25) is 5.91 Å². The van der Waals surface area contributed by atoms with Crippen molar-refractivity contribution in [1.82, 2.24) is 14.8 Å². The van der Waals surface area contributed by atoms with Gasteiger partial charge in [0.1, 0.15) is 5.82 Å². The van der Waals surface area contributed by atoms with Crippen LogP contribution >= 0.6 is 0 Å². The standard InChI is InChI=1S/C18H20FN3O/c19-17-5-3-15(4-6-17)12-18(23)22-10-8-21(9-11-22)14-16-2-1-7-20-13-16/h1-7,13H,8-12,14H2. The molecule has 1 saturated heterocycles. The van der Waals surface area contributed by atoms with Crippen LogP contribution in [0, 0.1) is 5.82 Å². The van der Waals surface area contributed by atoms with E-state index in [-0.39, 0.29) is 11.7 Å². The molecular weight excluding hydrogens is 293 g/mol. The third-order valence-corrected chi connectivity index (χ3v) is 4.12. The van der Waals surface area contributed by atoms with E-state index in [1.165, 1.54) is 17.7 Å². The Morgan fingerprint density at radius 2 is 1.78 bits per heavy atom. The molecule has 0 aliphatic carbocycles. The largest absolute Gasteiger partial charge is 0.340 e. The Balaban J connectivity index is 1.48. The van der Waals surface area contributed by atoms with Crippen LogP contribution in [-0.2, 0) is 17.8 Å². The van der Waals surface area contributed by atoms with Gasteiger partial charge in [0, 0.05) is 45.1 Å². The number of carbonyl (C=O) groups excluding carboxylic acids is 1. The zero-order valence-corrected chi connectivity index (χ0v) is 13.0. The monoisotopic (exact) mass is 313 g/mol. The first-order valence-electron chi connectivity index (χ1n) is 7.84. The van der Waals surface area contributed by atoms with Gasteiger partial charge in [-0.2, -0.15) is 0 Å². The Morgan fingerprint density at radius 1 is 1.04 bits per heavy atom. The van der Waals surface area contributed by atoms with Gasteiger partial charge in [-0.15, -0.1) is 0 Å². The lowest BCUT2D eigenvalue weighted by Crippen LogP contribution is -2.48. The highest BCUT2D eigenvalue weighted by atomic mass is 19.1. The quantitative estimate of drug-likeness (QED) is 0.867. The van der Waals surface area contributed by atoms with Gasteiger partial charge in [-0.05, 0) is 29.3 Å². The van der Waals surface area contributed by atoms with Crippen molar-refractivity contribution >= 4 is 5.91 Å². The fourth-order valence-electron chi connectivity index (χ4n) is 2.79. The van der Waals surface area contributed by atoms with Crippen molar-refractivity contribution in [2.75, 3.05) is 26.2 Å². The minimum absolute atomic E-state index is 0.109. The molecular formula is C18H20FN3O. The lowest BCUT2D eigenvalue weighted by Gasteiger charge is -2.34. The zero-order valence-electron chi connectivity index (χ0n) is 13.0. The molecule has 3 rings (SSSR count). The van der Waals surface area contributed by atoms with Crippen LogP contribution in [0.2, 0.25) is 0 Å². The number of aromatic nitrogens is 1. The van der Waals surface area contributed by atoms with Gasteiger partial charge in [-0.1, -0.05) is 18.2 Å². The second-order valence-electron chi connectivity index (χ2n) is 5.82. The number of piperazine rings is 1. The maximum absolute atomic E-state index is 12.9. The van der Waals surface area contributed by atoms with Crippen molar-refractivity contribution in [2.24, 2.45) is 0 Å². The number of pyridine rings is 1. The van der Waals surface area contributed by atoms with Gasteiger partial charge in [0.05, 0.1) is 6.42 Å². The van der Waals surface area contributed by atoms with Crippen molar-refractivity contribution in [2.45, 2.75) is 13.0 Å². The van der Waals surface area contributed by atoms with Crippen molar-refractivity contribution in [1.29, 1.82) is 0 Å². The van der Waals surface area contributed by atoms with E-state index in [0.717, 1.165) is 38.3 Å². The lowest BCUT2D eigenvalue weighted by molar-refractivity contribution is -0.132. The molecule has 0 unspecified atom stereocenters. The molecule has 0 atom stereocenters. The molecule has 0 N–H and O–H groups in total. The van der Waals surface area contributed by atoms with E-state index in [9.17, 15) is 9.18 Å². The minimum Gasteiger partial charge on any atom is -0.340 e. The first-order chi connectivity index (χ1) is 11.2. The molecule has 1 amide bonds. The Morgan fingerprint density at radius 3 is 2.43 bits per heavy atom. The van der Waals surface area contributed by atoms with Crippen LogP contribution in [0.1, 0.15) is 11.1 Å². The highest BCUT2D eigenvalue weighted by molar-refractivity contribution is 5.78. The topological polar surface area (TPSA) is 36.4 Å². The van der Waals surface area contributed by atoms with Gasteiger partial charge < -0.3 is 4.90 Å². The highest BCUT2D eigenvalue weighted by Gasteiger charge is 2.21. The Hall–Kier alpha value is -2.27. The molecule has 1 fully saturated rings. The van der Waals surface area contributed by atoms with Crippen LogP contribution in [0.4, 0.5) is 4.39 Å². The molecule has 2 aromatic rings. The zero-order chi connectivity index (χ0) is 16.1. The molecule has 1 aromatic carbocycles. The number of halogens is 1. The van der Waals surface area contributed by atoms with Crippen LogP contribution in [0.5, 0.6) is 0 Å². The molecule has 0 spiro atoms. The lowest BCUT2D eigenvalue weighted by atomic mass is 10.1. The molecule has 5 heteroatoms. The summed E-state index contributed by atoms with van der Waals surface area (Å²) in [6.45, 7) is 4.07. The molecule has 23 heavy (non-hydrogen) atoms. The van der Waals surface area contributed by atoms with Crippen molar-refractivity contribution in [3.8, 4) is 0 Å². The van der Waals surface area contributed by atoms with Crippen molar-refractivity contribution in [3.05, 3.63) is 65.7 Å². The van der Waals surface area contributed by atoms with E-state index >= 15 is 0 Å². The summed E-state index contributed by atoms with van der Waals surface area (Å²) in [5, 5.41) is 0. The van der Waals surface area contributed by atoms with Crippen LogP contribution in [0.25, 0.3) is 0 Å². The molecule has 0 bridgehead atoms. The summed E-state index contributed by atoms with van der Waals surface area (Å²) >= 11 is 0. The molecule has 1 aliphatic heterocycles. The fourth-order valence-corrected chi connectivity index (χ4v) is 2.79. The first kappa shape index (κ1) is 15.6. The maximum atomic E-state index is 12.9. The Bertz CT molecular complexity index is 637. The number of rotatable bonds is 4. The van der Waals surface area contributed by atoms with E-state index < -0.39 is 0 Å². The molecule has 120 valence electrons. The smallest absolute Gasteiger partial charge is 0.227 e. The van der Waals surface area contributed by atoms with Gasteiger partial charge >= 0.3 is 0 Å². The highest BCUT2D eigenvalue weighted by Crippen LogP contribution is 2.10.